The number of nitrogens with zero attached hydrogens (tertiary/aromatic N) is 2. The lowest BCUT2D eigenvalue weighted by Gasteiger charge is -2.10. The molecule has 0 saturated heterocycles. The van der Waals surface area contributed by atoms with Gasteiger partial charge in [-0.25, -0.2) is 9.07 Å². The molecule has 1 N–H and O–H groups in total. The second-order valence-corrected chi connectivity index (χ2v) is 7.14. The van der Waals surface area contributed by atoms with Crippen LogP contribution in [0.4, 0.5) is 10.2 Å². The summed E-state index contributed by atoms with van der Waals surface area (Å²) in [6.45, 7) is 0.933. The first-order valence-electron chi connectivity index (χ1n) is 8.57. The zero-order valence-electron chi connectivity index (χ0n) is 13.8. The van der Waals surface area contributed by atoms with Crippen LogP contribution in [0.15, 0.2) is 53.0 Å². The van der Waals surface area contributed by atoms with Crippen molar-refractivity contribution in [2.24, 2.45) is 0 Å². The van der Waals surface area contributed by atoms with Gasteiger partial charge in [0.1, 0.15) is 11.6 Å². The Morgan fingerprint density at radius 2 is 1.88 bits per heavy atom. The number of hydrogen-bond donors (Lipinski definition) is 1. The molecule has 0 atom stereocenters. The minimum absolute atomic E-state index is 0.173. The molecular weight excluding hydrogens is 381 g/mol. The molecule has 0 unspecified atom stereocenters. The minimum Gasteiger partial charge on any atom is -0.370 e. The van der Waals surface area contributed by atoms with Gasteiger partial charge in [0.05, 0.1) is 11.4 Å². The number of aromatic nitrogens is 2. The van der Waals surface area contributed by atoms with Gasteiger partial charge < -0.3 is 5.32 Å². The van der Waals surface area contributed by atoms with Crippen molar-refractivity contribution in [3.63, 3.8) is 0 Å². The van der Waals surface area contributed by atoms with Gasteiger partial charge in [-0.1, -0.05) is 30.3 Å². The standard InChI is InChI=1S/C20H19BrFN3/c21-16-9-2-4-11-19(16)25-20-15(8-5-6-12-23-20)18(24-25)13-14-7-1-3-10-17(14)22/h1-4,7,9-11,23H,5-6,8,12-13H2. The van der Waals surface area contributed by atoms with E-state index in [0.29, 0.717) is 12.0 Å². The topological polar surface area (TPSA) is 29.9 Å². The van der Waals surface area contributed by atoms with Crippen LogP contribution in [-0.2, 0) is 12.8 Å². The van der Waals surface area contributed by atoms with Crippen molar-refractivity contribution in [3.8, 4) is 5.69 Å². The minimum atomic E-state index is -0.173. The van der Waals surface area contributed by atoms with Crippen molar-refractivity contribution in [2.45, 2.75) is 25.7 Å². The molecule has 0 radical (unpaired) electrons. The van der Waals surface area contributed by atoms with Crippen molar-refractivity contribution in [1.82, 2.24) is 9.78 Å². The first-order valence-corrected chi connectivity index (χ1v) is 9.36. The van der Waals surface area contributed by atoms with Gasteiger partial charge in [0.15, 0.2) is 0 Å². The maximum atomic E-state index is 14.1. The molecule has 5 heteroatoms. The Morgan fingerprint density at radius 3 is 2.72 bits per heavy atom. The van der Waals surface area contributed by atoms with Gasteiger partial charge in [-0.2, -0.15) is 5.10 Å². The van der Waals surface area contributed by atoms with Crippen LogP contribution >= 0.6 is 15.9 Å². The maximum absolute atomic E-state index is 14.1. The van der Waals surface area contributed by atoms with E-state index in [1.165, 1.54) is 11.6 Å². The first-order chi connectivity index (χ1) is 12.2. The molecule has 0 saturated carbocycles. The number of anilines is 1. The fourth-order valence-corrected chi connectivity index (χ4v) is 3.79. The largest absolute Gasteiger partial charge is 0.370 e. The lowest BCUT2D eigenvalue weighted by atomic mass is 10.0. The highest BCUT2D eigenvalue weighted by Crippen LogP contribution is 2.32. The molecule has 1 aliphatic rings. The summed E-state index contributed by atoms with van der Waals surface area (Å²) >= 11 is 3.62. The van der Waals surface area contributed by atoms with Gasteiger partial charge in [0, 0.05) is 23.0 Å². The molecule has 0 aliphatic carbocycles. The van der Waals surface area contributed by atoms with Crippen molar-refractivity contribution in [1.29, 1.82) is 0 Å². The number of fused-ring (bicyclic) bond motifs is 1. The van der Waals surface area contributed by atoms with Crippen molar-refractivity contribution < 1.29 is 4.39 Å². The van der Waals surface area contributed by atoms with Gasteiger partial charge in [-0.15, -0.1) is 0 Å². The molecule has 128 valence electrons. The summed E-state index contributed by atoms with van der Waals surface area (Å²) in [4.78, 5) is 0. The summed E-state index contributed by atoms with van der Waals surface area (Å²) in [7, 11) is 0. The van der Waals surface area contributed by atoms with E-state index in [-0.39, 0.29) is 5.82 Å². The quantitative estimate of drug-likeness (QED) is 0.662. The lowest BCUT2D eigenvalue weighted by Crippen LogP contribution is -2.07. The summed E-state index contributed by atoms with van der Waals surface area (Å²) < 4.78 is 17.1. The molecule has 0 spiro atoms. The summed E-state index contributed by atoms with van der Waals surface area (Å²) in [6, 6.07) is 15.0. The second-order valence-electron chi connectivity index (χ2n) is 6.29. The molecule has 2 aromatic carbocycles. The van der Waals surface area contributed by atoms with Gasteiger partial charge in [-0.3, -0.25) is 0 Å². The van der Waals surface area contributed by atoms with Gasteiger partial charge in [0.2, 0.25) is 0 Å². The van der Waals surface area contributed by atoms with Gasteiger partial charge in [-0.05, 0) is 59.0 Å². The van der Waals surface area contributed by atoms with Crippen LogP contribution in [-0.4, -0.2) is 16.3 Å². The molecular formula is C20H19BrFN3. The number of rotatable bonds is 3. The second kappa shape index (κ2) is 7.00. The van der Waals surface area contributed by atoms with E-state index in [2.05, 4.69) is 21.2 Å². The molecule has 3 aromatic rings. The Bertz CT molecular complexity index is 904. The Labute approximate surface area is 155 Å². The smallest absolute Gasteiger partial charge is 0.133 e. The molecule has 4 rings (SSSR count). The Hall–Kier alpha value is -2.14. The highest BCUT2D eigenvalue weighted by molar-refractivity contribution is 9.10. The molecule has 0 fully saturated rings. The summed E-state index contributed by atoms with van der Waals surface area (Å²) in [5.41, 5.74) is 3.83. The normalized spacial score (nSPS) is 13.8. The van der Waals surface area contributed by atoms with E-state index in [0.717, 1.165) is 47.5 Å². The summed E-state index contributed by atoms with van der Waals surface area (Å²) in [5, 5.41) is 8.38. The van der Waals surface area contributed by atoms with E-state index in [1.54, 1.807) is 6.07 Å². The van der Waals surface area contributed by atoms with E-state index in [1.807, 2.05) is 41.1 Å². The van der Waals surface area contributed by atoms with Gasteiger partial charge >= 0.3 is 0 Å². The number of benzene rings is 2. The first kappa shape index (κ1) is 16.3. The predicted molar refractivity (Wildman–Crippen MR) is 102 cm³/mol. The van der Waals surface area contributed by atoms with Crippen LogP contribution in [0.3, 0.4) is 0 Å². The fourth-order valence-electron chi connectivity index (χ4n) is 3.34. The van der Waals surface area contributed by atoms with E-state index < -0.39 is 0 Å². The van der Waals surface area contributed by atoms with Crippen LogP contribution in [0, 0.1) is 5.82 Å². The highest BCUT2D eigenvalue weighted by Gasteiger charge is 2.22. The summed E-state index contributed by atoms with van der Waals surface area (Å²) in [5.74, 6) is 0.865. The third kappa shape index (κ3) is 3.21. The van der Waals surface area contributed by atoms with Crippen LogP contribution in [0.2, 0.25) is 0 Å². The molecule has 1 aromatic heterocycles. The SMILES string of the molecule is Fc1ccccc1Cc1nn(-c2ccccc2Br)c2c1CCCCN2. The Balaban J connectivity index is 1.82. The van der Waals surface area contributed by atoms with Crippen LogP contribution < -0.4 is 5.32 Å². The Morgan fingerprint density at radius 1 is 1.08 bits per heavy atom. The van der Waals surface area contributed by atoms with Gasteiger partial charge in [0.25, 0.3) is 0 Å². The fraction of sp³-hybridized carbons (Fsp3) is 0.250. The number of hydrogen-bond acceptors (Lipinski definition) is 2. The zero-order valence-corrected chi connectivity index (χ0v) is 15.4. The van der Waals surface area contributed by atoms with Crippen molar-refractivity contribution in [3.05, 3.63) is 75.6 Å². The highest BCUT2D eigenvalue weighted by atomic mass is 79.9. The van der Waals surface area contributed by atoms with Crippen LogP contribution in [0.1, 0.15) is 29.7 Å². The van der Waals surface area contributed by atoms with E-state index in [4.69, 9.17) is 5.10 Å². The number of halogens is 2. The predicted octanol–water partition coefficient (Wildman–Crippen LogP) is 5.11. The zero-order chi connectivity index (χ0) is 17.2. The lowest BCUT2D eigenvalue weighted by molar-refractivity contribution is 0.612. The van der Waals surface area contributed by atoms with Crippen LogP contribution in [0.25, 0.3) is 5.69 Å². The molecule has 0 bridgehead atoms. The third-order valence-electron chi connectivity index (χ3n) is 4.61. The van der Waals surface area contributed by atoms with Crippen molar-refractivity contribution in [2.75, 3.05) is 11.9 Å². The number of para-hydroxylation sites is 1. The number of nitrogens with one attached hydrogen (secondary N) is 1. The maximum Gasteiger partial charge on any atom is 0.133 e. The monoisotopic (exact) mass is 399 g/mol. The van der Waals surface area contributed by atoms with E-state index >= 15 is 0 Å². The molecule has 3 nitrogen and oxygen atoms in total. The summed E-state index contributed by atoms with van der Waals surface area (Å²) in [6.07, 6.45) is 3.72. The molecule has 2 heterocycles. The van der Waals surface area contributed by atoms with Crippen LogP contribution in [0.5, 0.6) is 0 Å². The molecule has 25 heavy (non-hydrogen) atoms. The van der Waals surface area contributed by atoms with E-state index in [9.17, 15) is 4.39 Å². The average molecular weight is 400 g/mol. The third-order valence-corrected chi connectivity index (χ3v) is 5.28. The van der Waals surface area contributed by atoms with Crippen molar-refractivity contribution >= 4 is 21.7 Å². The average Bonchev–Trinajstić information content (AvgIpc) is 2.80. The Kier molecular flexibility index (Phi) is 4.57. The molecule has 0 amide bonds. The molecule has 1 aliphatic heterocycles.